The number of nitrogens with zero attached hydrogens (tertiary/aromatic N) is 1. The van der Waals surface area contributed by atoms with Crippen molar-refractivity contribution in [1.29, 1.82) is 0 Å². The minimum Gasteiger partial charge on any atom is -0.491 e. The van der Waals surface area contributed by atoms with Gasteiger partial charge in [-0.25, -0.2) is 4.98 Å². The third-order valence-corrected chi connectivity index (χ3v) is 3.93. The van der Waals surface area contributed by atoms with E-state index in [-0.39, 0.29) is 18.1 Å². The van der Waals surface area contributed by atoms with E-state index in [9.17, 15) is 4.79 Å². The smallest absolute Gasteiger partial charge is 0.273 e. The summed E-state index contributed by atoms with van der Waals surface area (Å²) < 4.78 is 16.6. The van der Waals surface area contributed by atoms with Crippen LogP contribution in [0.2, 0.25) is 0 Å². The Morgan fingerprint density at radius 1 is 1.42 bits per heavy atom. The maximum atomic E-state index is 12.4. The van der Waals surface area contributed by atoms with Crippen molar-refractivity contribution in [3.8, 4) is 5.75 Å². The summed E-state index contributed by atoms with van der Waals surface area (Å²) in [6, 6.07) is 7.64. The van der Waals surface area contributed by atoms with Gasteiger partial charge >= 0.3 is 0 Å². The molecule has 1 aromatic heterocycles. The Hall–Kier alpha value is -2.34. The second kappa shape index (κ2) is 7.49. The number of aromatic nitrogens is 1. The van der Waals surface area contributed by atoms with Gasteiger partial charge in [0.05, 0.1) is 6.04 Å². The van der Waals surface area contributed by atoms with Crippen LogP contribution in [0.5, 0.6) is 5.75 Å². The van der Waals surface area contributed by atoms with Crippen molar-refractivity contribution in [2.75, 3.05) is 13.2 Å². The molecule has 1 fully saturated rings. The molecule has 0 radical (unpaired) electrons. The molecular weight excluding hydrogens is 308 g/mol. The molecule has 0 bridgehead atoms. The van der Waals surface area contributed by atoms with Crippen LogP contribution in [0.1, 0.15) is 47.7 Å². The molecule has 0 unspecified atom stereocenters. The Labute approximate surface area is 141 Å². The van der Waals surface area contributed by atoms with E-state index in [1.54, 1.807) is 0 Å². The van der Waals surface area contributed by atoms with E-state index in [2.05, 4.69) is 10.3 Å². The van der Waals surface area contributed by atoms with Gasteiger partial charge in [0, 0.05) is 6.61 Å². The molecule has 1 aromatic carbocycles. The molecule has 0 spiro atoms. The summed E-state index contributed by atoms with van der Waals surface area (Å²) >= 11 is 0. The maximum absolute atomic E-state index is 12.4. The van der Waals surface area contributed by atoms with Crippen molar-refractivity contribution in [3.05, 3.63) is 47.7 Å². The molecule has 24 heavy (non-hydrogen) atoms. The third kappa shape index (κ3) is 3.94. The van der Waals surface area contributed by atoms with Crippen LogP contribution in [-0.2, 0) is 4.74 Å². The Morgan fingerprint density at radius 2 is 2.21 bits per heavy atom. The second-order valence-corrected chi connectivity index (χ2v) is 6.07. The van der Waals surface area contributed by atoms with Crippen LogP contribution in [0.4, 0.5) is 0 Å². The zero-order valence-electron chi connectivity index (χ0n) is 14.0. The molecule has 2 aromatic rings. The van der Waals surface area contributed by atoms with Gasteiger partial charge in [-0.3, -0.25) is 4.79 Å². The van der Waals surface area contributed by atoms with Gasteiger partial charge < -0.3 is 19.2 Å². The zero-order chi connectivity index (χ0) is 16.9. The lowest BCUT2D eigenvalue weighted by Crippen LogP contribution is -2.37. The van der Waals surface area contributed by atoms with E-state index in [1.807, 2.05) is 38.1 Å². The standard InChI is InChI=1S/C18H22N2O4/c1-12-5-7-14(8-6-12)23-10-13(2)20-18(21)16-17(24-11-19-16)15-4-3-9-22-15/h5-8,11,13,15H,3-4,9-10H2,1-2H3,(H,20,21)/t13-,15-/m1/s1. The quantitative estimate of drug-likeness (QED) is 0.881. The summed E-state index contributed by atoms with van der Waals surface area (Å²) in [4.78, 5) is 16.4. The van der Waals surface area contributed by atoms with Gasteiger partial charge in [0.25, 0.3) is 5.91 Å². The largest absolute Gasteiger partial charge is 0.491 e. The Bertz CT molecular complexity index is 675. The number of nitrogens with one attached hydrogen (secondary N) is 1. The van der Waals surface area contributed by atoms with Gasteiger partial charge in [0.15, 0.2) is 17.8 Å². The third-order valence-electron chi connectivity index (χ3n) is 3.93. The molecule has 0 saturated carbocycles. The first-order valence-electron chi connectivity index (χ1n) is 8.19. The van der Waals surface area contributed by atoms with Crippen molar-refractivity contribution in [3.63, 3.8) is 0 Å². The van der Waals surface area contributed by atoms with Gasteiger partial charge in [-0.15, -0.1) is 0 Å². The highest BCUT2D eigenvalue weighted by atomic mass is 16.5. The Kier molecular flexibility index (Phi) is 5.15. The maximum Gasteiger partial charge on any atom is 0.273 e. The topological polar surface area (TPSA) is 73.6 Å². The van der Waals surface area contributed by atoms with E-state index in [0.717, 1.165) is 18.6 Å². The molecule has 2 heterocycles. The summed E-state index contributed by atoms with van der Waals surface area (Å²) in [6.45, 7) is 4.98. The lowest BCUT2D eigenvalue weighted by molar-refractivity contribution is 0.0847. The summed E-state index contributed by atoms with van der Waals surface area (Å²) in [5, 5.41) is 2.89. The molecule has 3 rings (SSSR count). The normalized spacial score (nSPS) is 18.3. The first-order chi connectivity index (χ1) is 11.6. The summed E-state index contributed by atoms with van der Waals surface area (Å²) in [5.74, 6) is 1.02. The number of hydrogen-bond donors (Lipinski definition) is 1. The number of oxazole rings is 1. The van der Waals surface area contributed by atoms with E-state index >= 15 is 0 Å². The van der Waals surface area contributed by atoms with E-state index in [4.69, 9.17) is 13.9 Å². The monoisotopic (exact) mass is 330 g/mol. The van der Waals surface area contributed by atoms with E-state index in [0.29, 0.717) is 24.7 Å². The zero-order valence-corrected chi connectivity index (χ0v) is 14.0. The fourth-order valence-corrected chi connectivity index (χ4v) is 2.63. The van der Waals surface area contributed by atoms with Crippen LogP contribution in [0.25, 0.3) is 0 Å². The molecule has 1 saturated heterocycles. The van der Waals surface area contributed by atoms with Gasteiger partial charge in [-0.05, 0) is 38.8 Å². The molecule has 2 atom stereocenters. The van der Waals surface area contributed by atoms with Crippen molar-refractivity contribution in [2.45, 2.75) is 38.8 Å². The first kappa shape index (κ1) is 16.5. The van der Waals surface area contributed by atoms with Crippen LogP contribution in [-0.4, -0.2) is 30.1 Å². The van der Waals surface area contributed by atoms with E-state index in [1.165, 1.54) is 12.0 Å². The lowest BCUT2D eigenvalue weighted by Gasteiger charge is -2.15. The number of aryl methyl sites for hydroxylation is 1. The highest BCUT2D eigenvalue weighted by Gasteiger charge is 2.28. The van der Waals surface area contributed by atoms with Gasteiger partial charge in [0.2, 0.25) is 0 Å². The fourth-order valence-electron chi connectivity index (χ4n) is 2.63. The van der Waals surface area contributed by atoms with Crippen LogP contribution < -0.4 is 10.1 Å². The second-order valence-electron chi connectivity index (χ2n) is 6.07. The van der Waals surface area contributed by atoms with Crippen molar-refractivity contribution < 1.29 is 18.7 Å². The number of ether oxygens (including phenoxy) is 2. The number of hydrogen-bond acceptors (Lipinski definition) is 5. The molecule has 1 N–H and O–H groups in total. The predicted molar refractivity (Wildman–Crippen MR) is 88.0 cm³/mol. The van der Waals surface area contributed by atoms with E-state index < -0.39 is 0 Å². The van der Waals surface area contributed by atoms with Gasteiger partial charge in [-0.2, -0.15) is 0 Å². The highest BCUT2D eigenvalue weighted by Crippen LogP contribution is 2.30. The molecule has 0 aliphatic carbocycles. The molecule has 1 aliphatic heterocycles. The summed E-state index contributed by atoms with van der Waals surface area (Å²) in [7, 11) is 0. The number of carbonyl (C=O) groups excluding carboxylic acids is 1. The highest BCUT2D eigenvalue weighted by molar-refractivity contribution is 5.93. The number of amides is 1. The van der Waals surface area contributed by atoms with Crippen molar-refractivity contribution >= 4 is 5.91 Å². The van der Waals surface area contributed by atoms with Gasteiger partial charge in [-0.1, -0.05) is 17.7 Å². The molecule has 128 valence electrons. The molecule has 1 aliphatic rings. The summed E-state index contributed by atoms with van der Waals surface area (Å²) in [6.07, 6.45) is 2.93. The number of carbonyl (C=O) groups is 1. The van der Waals surface area contributed by atoms with Crippen LogP contribution in [0.3, 0.4) is 0 Å². The predicted octanol–water partition coefficient (Wildman–Crippen LogP) is 3.03. The summed E-state index contributed by atoms with van der Waals surface area (Å²) in [5.41, 5.74) is 1.47. The van der Waals surface area contributed by atoms with Crippen LogP contribution >= 0.6 is 0 Å². The van der Waals surface area contributed by atoms with Crippen molar-refractivity contribution in [1.82, 2.24) is 10.3 Å². The number of rotatable bonds is 6. The minimum atomic E-state index is -0.269. The van der Waals surface area contributed by atoms with Crippen molar-refractivity contribution in [2.24, 2.45) is 0 Å². The molecule has 1 amide bonds. The first-order valence-corrected chi connectivity index (χ1v) is 8.19. The SMILES string of the molecule is Cc1ccc(OC[C@@H](C)NC(=O)c2ncoc2[C@H]2CCCO2)cc1. The number of benzene rings is 1. The molecule has 6 nitrogen and oxygen atoms in total. The Balaban J connectivity index is 1.54. The van der Waals surface area contributed by atoms with Crippen LogP contribution in [0.15, 0.2) is 35.1 Å². The average molecular weight is 330 g/mol. The average Bonchev–Trinajstić information content (AvgIpc) is 3.25. The van der Waals surface area contributed by atoms with Gasteiger partial charge in [0.1, 0.15) is 18.5 Å². The molecule has 6 heteroatoms. The fraction of sp³-hybridized carbons (Fsp3) is 0.444. The van der Waals surface area contributed by atoms with Crippen LogP contribution in [0, 0.1) is 6.92 Å². The lowest BCUT2D eigenvalue weighted by atomic mass is 10.1. The molecular formula is C18H22N2O4. The Morgan fingerprint density at radius 3 is 2.92 bits per heavy atom. The minimum absolute atomic E-state index is 0.159.